The Morgan fingerprint density at radius 1 is 1.14 bits per heavy atom. The maximum absolute atomic E-state index is 12.5. The van der Waals surface area contributed by atoms with E-state index in [-0.39, 0.29) is 30.7 Å². The van der Waals surface area contributed by atoms with Crippen LogP contribution in [0.25, 0.3) is 0 Å². The van der Waals surface area contributed by atoms with Gasteiger partial charge in [0.25, 0.3) is 11.8 Å². The van der Waals surface area contributed by atoms with Gasteiger partial charge in [0.1, 0.15) is 5.75 Å². The second kappa shape index (κ2) is 8.32. The van der Waals surface area contributed by atoms with Crippen molar-refractivity contribution in [3.63, 3.8) is 0 Å². The summed E-state index contributed by atoms with van der Waals surface area (Å²) in [6.45, 7) is 0.331. The van der Waals surface area contributed by atoms with E-state index in [0.29, 0.717) is 28.4 Å². The Balaban J connectivity index is 1.64. The molecule has 146 valence electrons. The van der Waals surface area contributed by atoms with E-state index in [9.17, 15) is 14.4 Å². The van der Waals surface area contributed by atoms with Crippen LogP contribution in [0.2, 0.25) is 5.02 Å². The molecule has 2 aromatic carbocycles. The average Bonchev–Trinajstić information content (AvgIpc) is 2.89. The summed E-state index contributed by atoms with van der Waals surface area (Å²) < 4.78 is 6.02. The molecule has 2 aromatic rings. The molecule has 0 saturated carbocycles. The van der Waals surface area contributed by atoms with Crippen LogP contribution in [-0.4, -0.2) is 48.2 Å². The van der Waals surface area contributed by atoms with Crippen molar-refractivity contribution in [2.24, 2.45) is 0 Å². The number of ether oxygens (including phenoxy) is 1. The largest absolute Gasteiger partial charge is 0.496 e. The van der Waals surface area contributed by atoms with Crippen LogP contribution in [0.5, 0.6) is 5.75 Å². The zero-order valence-corrected chi connectivity index (χ0v) is 17.7. The molecule has 1 aliphatic rings. The molecular weight excluding hydrogens is 448 g/mol. The normalized spacial score (nSPS) is 12.9. The molecular formula is C20H18BrClN2O4. The lowest BCUT2D eigenvalue weighted by molar-refractivity contribution is -0.130. The Morgan fingerprint density at radius 3 is 2.57 bits per heavy atom. The second-order valence-corrected chi connectivity index (χ2v) is 7.76. The summed E-state index contributed by atoms with van der Waals surface area (Å²) in [4.78, 5) is 40.1. The Labute approximate surface area is 176 Å². The molecule has 0 fully saturated rings. The Hall–Kier alpha value is -2.38. The minimum absolute atomic E-state index is 0.0276. The summed E-state index contributed by atoms with van der Waals surface area (Å²) in [6.07, 6.45) is 0.0337. The van der Waals surface area contributed by atoms with Crippen molar-refractivity contribution in [2.45, 2.75) is 13.0 Å². The van der Waals surface area contributed by atoms with E-state index in [2.05, 4.69) is 15.9 Å². The first kappa shape index (κ1) is 20.4. The molecule has 0 bridgehead atoms. The first-order chi connectivity index (χ1) is 13.3. The number of fused-ring (bicyclic) bond motifs is 1. The standard InChI is InChI=1S/C20H18BrClN2O4/c1-23(11-12-9-14(22)4-6-17(12)28-2)18(25)7-8-24-19(26)15-5-3-13(21)10-16(15)20(24)27/h3-6,9-10H,7-8,11H2,1-2H3. The fraction of sp³-hybridized carbons (Fsp3) is 0.250. The molecule has 0 spiro atoms. The summed E-state index contributed by atoms with van der Waals surface area (Å²) in [5.74, 6) is -0.317. The highest BCUT2D eigenvalue weighted by molar-refractivity contribution is 9.10. The van der Waals surface area contributed by atoms with Gasteiger partial charge in [-0.15, -0.1) is 0 Å². The quantitative estimate of drug-likeness (QED) is 0.609. The van der Waals surface area contributed by atoms with Crippen LogP contribution in [0.15, 0.2) is 40.9 Å². The molecule has 28 heavy (non-hydrogen) atoms. The van der Waals surface area contributed by atoms with Gasteiger partial charge in [-0.1, -0.05) is 27.5 Å². The Morgan fingerprint density at radius 2 is 1.86 bits per heavy atom. The molecule has 0 aliphatic carbocycles. The average molecular weight is 466 g/mol. The first-order valence-electron chi connectivity index (χ1n) is 8.54. The Kier molecular flexibility index (Phi) is 6.05. The minimum atomic E-state index is -0.381. The molecule has 0 atom stereocenters. The predicted molar refractivity (Wildman–Crippen MR) is 109 cm³/mol. The topological polar surface area (TPSA) is 66.9 Å². The van der Waals surface area contributed by atoms with Crippen molar-refractivity contribution < 1.29 is 19.1 Å². The zero-order chi connectivity index (χ0) is 20.4. The molecule has 3 amide bonds. The van der Waals surface area contributed by atoms with Gasteiger partial charge in [-0.3, -0.25) is 19.3 Å². The molecule has 0 N–H and O–H groups in total. The molecule has 8 heteroatoms. The number of amides is 3. The van der Waals surface area contributed by atoms with Crippen LogP contribution in [0.1, 0.15) is 32.7 Å². The number of nitrogens with zero attached hydrogens (tertiary/aromatic N) is 2. The van der Waals surface area contributed by atoms with Crippen LogP contribution in [0, 0.1) is 0 Å². The van der Waals surface area contributed by atoms with Gasteiger partial charge in [0.2, 0.25) is 5.91 Å². The number of halogens is 2. The first-order valence-corrected chi connectivity index (χ1v) is 9.71. The molecule has 6 nitrogen and oxygen atoms in total. The molecule has 1 heterocycles. The van der Waals surface area contributed by atoms with Crippen molar-refractivity contribution in [3.05, 3.63) is 62.6 Å². The van der Waals surface area contributed by atoms with Gasteiger partial charge >= 0.3 is 0 Å². The van der Waals surface area contributed by atoms with Crippen LogP contribution in [-0.2, 0) is 11.3 Å². The van der Waals surface area contributed by atoms with E-state index >= 15 is 0 Å². The SMILES string of the molecule is COc1ccc(Cl)cc1CN(C)C(=O)CCN1C(=O)c2ccc(Br)cc2C1=O. The Bertz CT molecular complexity index is 963. The molecule has 0 radical (unpaired) electrons. The van der Waals surface area contributed by atoms with E-state index in [1.807, 2.05) is 0 Å². The van der Waals surface area contributed by atoms with Crippen LogP contribution in [0.3, 0.4) is 0 Å². The van der Waals surface area contributed by atoms with Crippen molar-refractivity contribution in [3.8, 4) is 5.75 Å². The maximum Gasteiger partial charge on any atom is 0.261 e. The van der Waals surface area contributed by atoms with Crippen molar-refractivity contribution in [1.82, 2.24) is 9.80 Å². The summed E-state index contributed by atoms with van der Waals surface area (Å²) in [7, 11) is 3.21. The van der Waals surface area contributed by atoms with Crippen LogP contribution in [0.4, 0.5) is 0 Å². The number of rotatable bonds is 6. The van der Waals surface area contributed by atoms with Crippen molar-refractivity contribution in [2.75, 3.05) is 20.7 Å². The van der Waals surface area contributed by atoms with Gasteiger partial charge in [0.05, 0.1) is 18.2 Å². The third kappa shape index (κ3) is 4.05. The van der Waals surface area contributed by atoms with Crippen molar-refractivity contribution in [1.29, 1.82) is 0 Å². The van der Waals surface area contributed by atoms with Gasteiger partial charge in [0.15, 0.2) is 0 Å². The number of methoxy groups -OCH3 is 1. The van der Waals surface area contributed by atoms with E-state index < -0.39 is 0 Å². The predicted octanol–water partition coefficient (Wildman–Crippen LogP) is 3.76. The summed E-state index contributed by atoms with van der Waals surface area (Å²) in [5.41, 5.74) is 1.48. The van der Waals surface area contributed by atoms with Gasteiger partial charge < -0.3 is 9.64 Å². The van der Waals surface area contributed by atoms with Gasteiger partial charge in [-0.25, -0.2) is 0 Å². The third-order valence-electron chi connectivity index (χ3n) is 4.56. The summed E-state index contributed by atoms with van der Waals surface area (Å²) in [6, 6.07) is 10.1. The number of carbonyl (C=O) groups is 3. The van der Waals surface area contributed by atoms with Gasteiger partial charge in [-0.05, 0) is 36.4 Å². The molecule has 3 rings (SSSR count). The highest BCUT2D eigenvalue weighted by Crippen LogP contribution is 2.27. The number of benzene rings is 2. The molecule has 0 aromatic heterocycles. The molecule has 0 unspecified atom stereocenters. The summed E-state index contributed by atoms with van der Waals surface area (Å²) >= 11 is 9.33. The van der Waals surface area contributed by atoms with E-state index in [0.717, 1.165) is 14.9 Å². The van der Waals surface area contributed by atoms with Crippen molar-refractivity contribution >= 4 is 45.3 Å². The third-order valence-corrected chi connectivity index (χ3v) is 5.29. The lowest BCUT2D eigenvalue weighted by atomic mass is 10.1. The lowest BCUT2D eigenvalue weighted by Crippen LogP contribution is -2.35. The van der Waals surface area contributed by atoms with Crippen LogP contribution < -0.4 is 4.74 Å². The number of imide groups is 1. The maximum atomic E-state index is 12.5. The van der Waals surface area contributed by atoms with Crippen LogP contribution >= 0.6 is 27.5 Å². The van der Waals surface area contributed by atoms with E-state index in [1.54, 1.807) is 50.6 Å². The fourth-order valence-corrected chi connectivity index (χ4v) is 3.63. The van der Waals surface area contributed by atoms with Gasteiger partial charge in [-0.2, -0.15) is 0 Å². The molecule has 0 saturated heterocycles. The van der Waals surface area contributed by atoms with E-state index in [1.165, 1.54) is 4.90 Å². The smallest absolute Gasteiger partial charge is 0.261 e. The van der Waals surface area contributed by atoms with E-state index in [4.69, 9.17) is 16.3 Å². The number of hydrogen-bond acceptors (Lipinski definition) is 4. The minimum Gasteiger partial charge on any atom is -0.496 e. The highest BCUT2D eigenvalue weighted by atomic mass is 79.9. The lowest BCUT2D eigenvalue weighted by Gasteiger charge is -2.20. The van der Waals surface area contributed by atoms with Gasteiger partial charge in [0, 0.05) is 41.6 Å². The highest BCUT2D eigenvalue weighted by Gasteiger charge is 2.35. The molecule has 1 aliphatic heterocycles. The number of hydrogen-bond donors (Lipinski definition) is 0. The second-order valence-electron chi connectivity index (χ2n) is 6.41. The summed E-state index contributed by atoms with van der Waals surface area (Å²) in [5, 5.41) is 0.550. The fourth-order valence-electron chi connectivity index (χ4n) is 3.08. The monoisotopic (exact) mass is 464 g/mol. The number of carbonyl (C=O) groups excluding carboxylic acids is 3. The zero-order valence-electron chi connectivity index (χ0n) is 15.4.